The van der Waals surface area contributed by atoms with E-state index < -0.39 is 17.5 Å². The first-order valence-corrected chi connectivity index (χ1v) is 10.9. The first kappa shape index (κ1) is 23.9. The summed E-state index contributed by atoms with van der Waals surface area (Å²) in [5.74, 6) is -1.58. The van der Waals surface area contributed by atoms with Crippen LogP contribution in [0.2, 0.25) is 5.02 Å². The van der Waals surface area contributed by atoms with Crippen molar-refractivity contribution >= 4 is 23.4 Å². The molecule has 1 aliphatic heterocycles. The van der Waals surface area contributed by atoms with Crippen LogP contribution >= 0.6 is 11.6 Å². The van der Waals surface area contributed by atoms with Gasteiger partial charge in [0.05, 0.1) is 10.6 Å². The molecule has 0 saturated carbocycles. The van der Waals surface area contributed by atoms with E-state index in [4.69, 9.17) is 16.3 Å². The van der Waals surface area contributed by atoms with E-state index in [-0.39, 0.29) is 18.0 Å². The Morgan fingerprint density at radius 2 is 1.81 bits per heavy atom. The van der Waals surface area contributed by atoms with E-state index in [0.717, 1.165) is 31.8 Å². The minimum Gasteiger partial charge on any atom is -0.491 e. The third kappa shape index (κ3) is 6.90. The number of carbonyl (C=O) groups excluding carboxylic acids is 2. The van der Waals surface area contributed by atoms with Crippen LogP contribution in [0.3, 0.4) is 0 Å². The second-order valence-corrected chi connectivity index (χ2v) is 7.89. The molecule has 0 unspecified atom stereocenters. The number of amides is 2. The van der Waals surface area contributed by atoms with Gasteiger partial charge in [0.2, 0.25) is 5.91 Å². The van der Waals surface area contributed by atoms with Gasteiger partial charge in [0.15, 0.2) is 0 Å². The molecule has 0 aromatic heterocycles. The molecule has 0 radical (unpaired) electrons. The molecule has 32 heavy (non-hydrogen) atoms. The summed E-state index contributed by atoms with van der Waals surface area (Å²) >= 11 is 6.08. The number of benzene rings is 2. The molecular weight excluding hydrogens is 440 g/mol. The average Bonchev–Trinajstić information content (AvgIpc) is 2.78. The van der Waals surface area contributed by atoms with Crippen molar-refractivity contribution in [2.24, 2.45) is 0 Å². The van der Waals surface area contributed by atoms with Crippen molar-refractivity contribution in [3.63, 3.8) is 0 Å². The molecule has 1 aliphatic rings. The Hall–Kier alpha value is -2.71. The summed E-state index contributed by atoms with van der Waals surface area (Å²) in [5.41, 5.74) is -0.215. The molecule has 6 nitrogen and oxygen atoms in total. The largest absolute Gasteiger partial charge is 0.491 e. The number of halogens is 3. The van der Waals surface area contributed by atoms with Gasteiger partial charge in [-0.05, 0) is 30.7 Å². The zero-order valence-electron chi connectivity index (χ0n) is 17.7. The number of ether oxygens (including phenoxy) is 1. The van der Waals surface area contributed by atoms with Crippen LogP contribution < -0.4 is 10.1 Å². The molecule has 0 atom stereocenters. The van der Waals surface area contributed by atoms with Crippen molar-refractivity contribution in [2.75, 3.05) is 45.9 Å². The lowest BCUT2D eigenvalue weighted by molar-refractivity contribution is -0.133. The van der Waals surface area contributed by atoms with Crippen molar-refractivity contribution in [1.29, 1.82) is 0 Å². The summed E-state index contributed by atoms with van der Waals surface area (Å²) < 4.78 is 32.3. The highest BCUT2D eigenvalue weighted by Gasteiger charge is 2.21. The lowest BCUT2D eigenvalue weighted by Gasteiger charge is -2.34. The van der Waals surface area contributed by atoms with E-state index in [1.165, 1.54) is 0 Å². The Balaban J connectivity index is 1.30. The van der Waals surface area contributed by atoms with Gasteiger partial charge in [-0.2, -0.15) is 0 Å². The third-order valence-electron chi connectivity index (χ3n) is 5.26. The second kappa shape index (κ2) is 11.8. The van der Waals surface area contributed by atoms with E-state index >= 15 is 0 Å². The Morgan fingerprint density at radius 1 is 1.06 bits per heavy atom. The Bertz CT molecular complexity index is 936. The highest BCUT2D eigenvalue weighted by molar-refractivity contribution is 6.32. The van der Waals surface area contributed by atoms with Gasteiger partial charge in [-0.25, -0.2) is 8.78 Å². The van der Waals surface area contributed by atoms with E-state index in [1.54, 1.807) is 6.07 Å². The smallest absolute Gasteiger partial charge is 0.254 e. The van der Waals surface area contributed by atoms with Crippen LogP contribution in [0, 0.1) is 11.6 Å². The van der Waals surface area contributed by atoms with Gasteiger partial charge < -0.3 is 15.0 Å². The quantitative estimate of drug-likeness (QED) is 0.577. The minimum atomic E-state index is -0.909. The molecule has 1 N–H and O–H groups in total. The molecule has 1 fully saturated rings. The maximum Gasteiger partial charge on any atom is 0.254 e. The number of carbonyl (C=O) groups is 2. The van der Waals surface area contributed by atoms with Crippen molar-refractivity contribution in [2.45, 2.75) is 12.8 Å². The molecule has 0 spiro atoms. The topological polar surface area (TPSA) is 61.9 Å². The van der Waals surface area contributed by atoms with E-state index in [1.807, 2.05) is 23.1 Å². The molecule has 1 saturated heterocycles. The highest BCUT2D eigenvalue weighted by Crippen LogP contribution is 2.23. The SMILES string of the molecule is O=C(NCCCC(=O)N1CCN(CCOc2ccccc2Cl)CC1)c1ccc(F)cc1F. The van der Waals surface area contributed by atoms with Gasteiger partial charge in [0.25, 0.3) is 5.91 Å². The maximum absolute atomic E-state index is 13.6. The van der Waals surface area contributed by atoms with Crippen LogP contribution in [0.4, 0.5) is 8.78 Å². The number of para-hydroxylation sites is 1. The van der Waals surface area contributed by atoms with Crippen molar-refractivity contribution in [1.82, 2.24) is 15.1 Å². The molecule has 0 aliphatic carbocycles. The van der Waals surface area contributed by atoms with Crippen LogP contribution in [0.25, 0.3) is 0 Å². The van der Waals surface area contributed by atoms with Crippen LogP contribution in [-0.4, -0.2) is 67.5 Å². The van der Waals surface area contributed by atoms with Gasteiger partial charge in [0, 0.05) is 51.8 Å². The first-order valence-electron chi connectivity index (χ1n) is 10.5. The average molecular weight is 466 g/mol. The summed E-state index contributed by atoms with van der Waals surface area (Å²) in [4.78, 5) is 28.4. The molecule has 0 bridgehead atoms. The summed E-state index contributed by atoms with van der Waals surface area (Å²) in [6.07, 6.45) is 0.737. The molecule has 9 heteroatoms. The Labute approximate surface area is 191 Å². The molecule has 2 aromatic rings. The minimum absolute atomic E-state index is 0.0270. The summed E-state index contributed by atoms with van der Waals surface area (Å²) in [7, 11) is 0. The molecule has 172 valence electrons. The van der Waals surface area contributed by atoms with E-state index in [0.29, 0.717) is 49.4 Å². The van der Waals surface area contributed by atoms with E-state index in [2.05, 4.69) is 10.2 Å². The van der Waals surface area contributed by atoms with Gasteiger partial charge in [0.1, 0.15) is 24.0 Å². The van der Waals surface area contributed by atoms with Crippen LogP contribution in [0.5, 0.6) is 5.75 Å². The monoisotopic (exact) mass is 465 g/mol. The van der Waals surface area contributed by atoms with E-state index in [9.17, 15) is 18.4 Å². The number of hydrogen-bond donors (Lipinski definition) is 1. The predicted octanol–water partition coefficient (Wildman–Crippen LogP) is 3.35. The highest BCUT2D eigenvalue weighted by atomic mass is 35.5. The summed E-state index contributed by atoms with van der Waals surface area (Å²) in [6.45, 7) is 4.30. The fraction of sp³-hybridized carbons (Fsp3) is 0.391. The lowest BCUT2D eigenvalue weighted by atomic mass is 10.2. The molecule has 1 heterocycles. The number of hydrogen-bond acceptors (Lipinski definition) is 4. The molecule has 2 aromatic carbocycles. The fourth-order valence-corrected chi connectivity index (χ4v) is 3.63. The number of nitrogens with one attached hydrogen (secondary N) is 1. The van der Waals surface area contributed by atoms with Crippen LogP contribution in [0.15, 0.2) is 42.5 Å². The van der Waals surface area contributed by atoms with Crippen molar-refractivity contribution in [3.8, 4) is 5.75 Å². The maximum atomic E-state index is 13.6. The zero-order chi connectivity index (χ0) is 22.9. The predicted molar refractivity (Wildman–Crippen MR) is 118 cm³/mol. The molecular formula is C23H26ClF2N3O3. The van der Waals surface area contributed by atoms with Gasteiger partial charge in [-0.1, -0.05) is 23.7 Å². The van der Waals surface area contributed by atoms with Gasteiger partial charge in [-0.3, -0.25) is 14.5 Å². The number of rotatable bonds is 9. The summed E-state index contributed by atoms with van der Waals surface area (Å²) in [6, 6.07) is 10.1. The normalized spacial score (nSPS) is 14.3. The molecule has 2 amide bonds. The zero-order valence-corrected chi connectivity index (χ0v) is 18.4. The van der Waals surface area contributed by atoms with Crippen LogP contribution in [0.1, 0.15) is 23.2 Å². The van der Waals surface area contributed by atoms with Crippen molar-refractivity contribution < 1.29 is 23.1 Å². The van der Waals surface area contributed by atoms with Gasteiger partial charge in [-0.15, -0.1) is 0 Å². The first-order chi connectivity index (χ1) is 15.4. The fourth-order valence-electron chi connectivity index (χ4n) is 3.44. The van der Waals surface area contributed by atoms with Gasteiger partial charge >= 0.3 is 0 Å². The Morgan fingerprint density at radius 3 is 2.53 bits per heavy atom. The summed E-state index contributed by atoms with van der Waals surface area (Å²) in [5, 5.41) is 3.15. The van der Waals surface area contributed by atoms with Crippen molar-refractivity contribution in [3.05, 3.63) is 64.7 Å². The Kier molecular flexibility index (Phi) is 8.81. The third-order valence-corrected chi connectivity index (χ3v) is 5.57. The van der Waals surface area contributed by atoms with Crippen LogP contribution in [-0.2, 0) is 4.79 Å². The number of piperazine rings is 1. The lowest BCUT2D eigenvalue weighted by Crippen LogP contribution is -2.49. The number of nitrogens with zero attached hydrogens (tertiary/aromatic N) is 2. The standard InChI is InChI=1S/C23H26ClF2N3O3/c24-19-4-1-2-5-21(19)32-15-14-28-10-12-29(13-11-28)22(30)6-3-9-27-23(31)18-8-7-17(25)16-20(18)26/h1-2,4-5,7-8,16H,3,6,9-15H2,(H,27,31). The molecule has 3 rings (SSSR count). The second-order valence-electron chi connectivity index (χ2n) is 7.48.